The number of hydrogen-bond donors (Lipinski definition) is 1. The standard InChI is InChI=1S/C11H24N2O/c1-8(2)7-13(6)10(14)9(12)11(3,4)5/h8-9H,7,12H2,1-6H3. The largest absolute Gasteiger partial charge is 0.344 e. The number of nitrogens with zero attached hydrogens (tertiary/aromatic N) is 1. The molecule has 1 amide bonds. The first-order valence-corrected chi connectivity index (χ1v) is 5.16. The Balaban J connectivity index is 4.32. The molecular weight excluding hydrogens is 176 g/mol. The van der Waals surface area contributed by atoms with Gasteiger partial charge in [0.2, 0.25) is 5.91 Å². The third-order valence-electron chi connectivity index (χ3n) is 2.21. The number of likely N-dealkylation sites (N-methyl/N-ethyl adjacent to an activating group) is 1. The molecule has 1 unspecified atom stereocenters. The van der Waals surface area contributed by atoms with Crippen LogP contribution in [-0.4, -0.2) is 30.4 Å². The van der Waals surface area contributed by atoms with Gasteiger partial charge in [-0.2, -0.15) is 0 Å². The smallest absolute Gasteiger partial charge is 0.239 e. The first kappa shape index (κ1) is 13.4. The molecule has 0 fully saturated rings. The molecule has 3 heteroatoms. The van der Waals surface area contributed by atoms with Crippen LogP contribution in [0.1, 0.15) is 34.6 Å². The second kappa shape index (κ2) is 4.78. The molecule has 0 saturated heterocycles. The van der Waals surface area contributed by atoms with Gasteiger partial charge in [-0.3, -0.25) is 4.79 Å². The lowest BCUT2D eigenvalue weighted by molar-refractivity contribution is -0.134. The predicted octanol–water partition coefficient (Wildman–Crippen LogP) is 1.47. The van der Waals surface area contributed by atoms with E-state index in [9.17, 15) is 4.79 Å². The molecule has 0 heterocycles. The molecule has 0 aromatic carbocycles. The summed E-state index contributed by atoms with van der Waals surface area (Å²) in [6, 6.07) is -0.411. The zero-order chi connectivity index (χ0) is 11.5. The molecule has 0 radical (unpaired) electrons. The zero-order valence-electron chi connectivity index (χ0n) is 10.3. The second-order valence-electron chi connectivity index (χ2n) is 5.46. The molecule has 2 N–H and O–H groups in total. The van der Waals surface area contributed by atoms with Crippen molar-refractivity contribution in [3.8, 4) is 0 Å². The van der Waals surface area contributed by atoms with Crippen LogP contribution < -0.4 is 5.73 Å². The third-order valence-corrected chi connectivity index (χ3v) is 2.21. The summed E-state index contributed by atoms with van der Waals surface area (Å²) in [6.07, 6.45) is 0. The summed E-state index contributed by atoms with van der Waals surface area (Å²) >= 11 is 0. The fourth-order valence-electron chi connectivity index (χ4n) is 1.25. The molecule has 0 aliphatic carbocycles. The van der Waals surface area contributed by atoms with Gasteiger partial charge in [-0.1, -0.05) is 34.6 Å². The Morgan fingerprint density at radius 1 is 1.36 bits per heavy atom. The monoisotopic (exact) mass is 200 g/mol. The lowest BCUT2D eigenvalue weighted by Crippen LogP contribution is -2.49. The Morgan fingerprint density at radius 3 is 2.07 bits per heavy atom. The SMILES string of the molecule is CC(C)CN(C)C(=O)C(N)C(C)(C)C. The molecule has 0 aliphatic rings. The van der Waals surface area contributed by atoms with Crippen molar-refractivity contribution >= 4 is 5.91 Å². The van der Waals surface area contributed by atoms with Gasteiger partial charge in [0.05, 0.1) is 6.04 Å². The average Bonchev–Trinajstić information content (AvgIpc) is 1.98. The molecule has 84 valence electrons. The van der Waals surface area contributed by atoms with E-state index in [0.29, 0.717) is 5.92 Å². The maximum absolute atomic E-state index is 11.8. The maximum Gasteiger partial charge on any atom is 0.239 e. The van der Waals surface area contributed by atoms with Crippen molar-refractivity contribution in [1.29, 1.82) is 0 Å². The van der Waals surface area contributed by atoms with Crippen LogP contribution in [-0.2, 0) is 4.79 Å². The molecule has 0 rings (SSSR count). The van der Waals surface area contributed by atoms with E-state index in [2.05, 4.69) is 13.8 Å². The number of nitrogens with two attached hydrogens (primary N) is 1. The Morgan fingerprint density at radius 2 is 1.79 bits per heavy atom. The van der Waals surface area contributed by atoms with Crippen LogP contribution in [0.5, 0.6) is 0 Å². The van der Waals surface area contributed by atoms with Gasteiger partial charge in [0.1, 0.15) is 0 Å². The van der Waals surface area contributed by atoms with E-state index < -0.39 is 6.04 Å². The summed E-state index contributed by atoms with van der Waals surface area (Å²) in [5, 5.41) is 0. The van der Waals surface area contributed by atoms with Crippen molar-refractivity contribution in [2.75, 3.05) is 13.6 Å². The van der Waals surface area contributed by atoms with Gasteiger partial charge in [-0.05, 0) is 11.3 Å². The summed E-state index contributed by atoms with van der Waals surface area (Å²) in [4.78, 5) is 13.5. The van der Waals surface area contributed by atoms with Crippen molar-refractivity contribution in [2.45, 2.75) is 40.7 Å². The molecule has 3 nitrogen and oxygen atoms in total. The molecule has 0 saturated carbocycles. The Hall–Kier alpha value is -0.570. The van der Waals surface area contributed by atoms with Gasteiger partial charge >= 0.3 is 0 Å². The van der Waals surface area contributed by atoms with E-state index in [1.54, 1.807) is 4.90 Å². The Labute approximate surface area is 87.6 Å². The normalized spacial score (nSPS) is 14.3. The van der Waals surface area contributed by atoms with Gasteiger partial charge in [0.25, 0.3) is 0 Å². The van der Waals surface area contributed by atoms with Crippen LogP contribution >= 0.6 is 0 Å². The molecule has 1 atom stereocenters. The highest BCUT2D eigenvalue weighted by atomic mass is 16.2. The highest BCUT2D eigenvalue weighted by molar-refractivity contribution is 5.82. The Kier molecular flexibility index (Phi) is 4.59. The van der Waals surface area contributed by atoms with Gasteiger partial charge in [-0.25, -0.2) is 0 Å². The van der Waals surface area contributed by atoms with Gasteiger partial charge in [-0.15, -0.1) is 0 Å². The highest BCUT2D eigenvalue weighted by Gasteiger charge is 2.29. The topological polar surface area (TPSA) is 46.3 Å². The molecule has 0 aromatic rings. The molecule has 0 spiro atoms. The predicted molar refractivity (Wildman–Crippen MR) is 59.9 cm³/mol. The minimum Gasteiger partial charge on any atom is -0.344 e. The van der Waals surface area contributed by atoms with E-state index in [1.807, 2.05) is 27.8 Å². The zero-order valence-corrected chi connectivity index (χ0v) is 10.3. The van der Waals surface area contributed by atoms with Gasteiger partial charge in [0, 0.05) is 13.6 Å². The molecule has 0 bridgehead atoms. The van der Waals surface area contributed by atoms with Crippen LogP contribution in [0.15, 0.2) is 0 Å². The molecular formula is C11H24N2O. The summed E-state index contributed by atoms with van der Waals surface area (Å²) in [5.74, 6) is 0.516. The Bertz CT molecular complexity index is 194. The van der Waals surface area contributed by atoms with E-state index in [-0.39, 0.29) is 11.3 Å². The summed E-state index contributed by atoms with van der Waals surface area (Å²) in [7, 11) is 1.81. The van der Waals surface area contributed by atoms with Crippen molar-refractivity contribution in [1.82, 2.24) is 4.90 Å². The van der Waals surface area contributed by atoms with Crippen molar-refractivity contribution in [2.24, 2.45) is 17.1 Å². The van der Waals surface area contributed by atoms with Crippen molar-refractivity contribution < 1.29 is 4.79 Å². The van der Waals surface area contributed by atoms with Crippen LogP contribution in [0.25, 0.3) is 0 Å². The lowest BCUT2D eigenvalue weighted by atomic mass is 9.86. The fourth-order valence-corrected chi connectivity index (χ4v) is 1.25. The number of hydrogen-bond acceptors (Lipinski definition) is 2. The van der Waals surface area contributed by atoms with Crippen molar-refractivity contribution in [3.05, 3.63) is 0 Å². The molecule has 0 aromatic heterocycles. The summed E-state index contributed by atoms with van der Waals surface area (Å²) in [6.45, 7) is 10.9. The number of rotatable bonds is 3. The van der Waals surface area contributed by atoms with E-state index in [0.717, 1.165) is 6.54 Å². The maximum atomic E-state index is 11.8. The molecule has 0 aliphatic heterocycles. The van der Waals surface area contributed by atoms with E-state index >= 15 is 0 Å². The third kappa shape index (κ3) is 4.09. The summed E-state index contributed by atoms with van der Waals surface area (Å²) in [5.41, 5.74) is 5.72. The van der Waals surface area contributed by atoms with Crippen LogP contribution in [0.3, 0.4) is 0 Å². The first-order valence-electron chi connectivity index (χ1n) is 5.16. The van der Waals surface area contributed by atoms with Gasteiger partial charge < -0.3 is 10.6 Å². The van der Waals surface area contributed by atoms with Crippen LogP contribution in [0.4, 0.5) is 0 Å². The number of amides is 1. The highest BCUT2D eigenvalue weighted by Crippen LogP contribution is 2.18. The minimum atomic E-state index is -0.411. The number of carbonyl (C=O) groups is 1. The van der Waals surface area contributed by atoms with E-state index in [1.165, 1.54) is 0 Å². The fraction of sp³-hybridized carbons (Fsp3) is 0.909. The summed E-state index contributed by atoms with van der Waals surface area (Å²) < 4.78 is 0. The van der Waals surface area contributed by atoms with Gasteiger partial charge in [0.15, 0.2) is 0 Å². The second-order valence-corrected chi connectivity index (χ2v) is 5.46. The molecule has 14 heavy (non-hydrogen) atoms. The quantitative estimate of drug-likeness (QED) is 0.750. The lowest BCUT2D eigenvalue weighted by Gasteiger charge is -2.30. The van der Waals surface area contributed by atoms with Crippen molar-refractivity contribution in [3.63, 3.8) is 0 Å². The minimum absolute atomic E-state index is 0.0335. The van der Waals surface area contributed by atoms with E-state index in [4.69, 9.17) is 5.73 Å². The first-order chi connectivity index (χ1) is 6.16. The average molecular weight is 200 g/mol. The van der Waals surface area contributed by atoms with Crippen LogP contribution in [0.2, 0.25) is 0 Å². The number of carbonyl (C=O) groups excluding carboxylic acids is 1. The van der Waals surface area contributed by atoms with Crippen LogP contribution in [0, 0.1) is 11.3 Å².